The lowest BCUT2D eigenvalue weighted by atomic mass is 9.87. The van der Waals surface area contributed by atoms with E-state index in [0.717, 1.165) is 57.9 Å². The van der Waals surface area contributed by atoms with Crippen LogP contribution in [0.2, 0.25) is 0 Å². The van der Waals surface area contributed by atoms with Crippen LogP contribution in [0.1, 0.15) is 18.4 Å². The van der Waals surface area contributed by atoms with Gasteiger partial charge >= 0.3 is 0 Å². The highest BCUT2D eigenvalue weighted by atomic mass is 16.5. The molecule has 0 bridgehead atoms. The second kappa shape index (κ2) is 10.8. The van der Waals surface area contributed by atoms with Crippen LogP contribution in [0.4, 0.5) is 5.69 Å². The SMILES string of the molecule is COC[C@@H]1[C@H](C(=O)N2CCN(c3ccc(OC)cc3)CC2)CCCN1Cc1ccccc1. The van der Waals surface area contributed by atoms with E-state index in [0.29, 0.717) is 12.5 Å². The number of nitrogens with zero attached hydrogens (tertiary/aromatic N) is 3. The molecular formula is C26H35N3O3. The zero-order valence-electron chi connectivity index (χ0n) is 19.3. The van der Waals surface area contributed by atoms with Gasteiger partial charge in [0.15, 0.2) is 0 Å². The Morgan fingerprint density at radius 3 is 2.31 bits per heavy atom. The predicted octanol–water partition coefficient (Wildman–Crippen LogP) is 3.27. The van der Waals surface area contributed by atoms with Crippen molar-refractivity contribution in [1.82, 2.24) is 9.80 Å². The summed E-state index contributed by atoms with van der Waals surface area (Å²) in [5, 5.41) is 0. The molecule has 0 aliphatic carbocycles. The molecule has 0 aromatic heterocycles. The molecule has 2 saturated heterocycles. The van der Waals surface area contributed by atoms with Gasteiger partial charge in [-0.2, -0.15) is 0 Å². The van der Waals surface area contributed by atoms with Crippen LogP contribution in [0.5, 0.6) is 5.75 Å². The molecule has 2 heterocycles. The highest BCUT2D eigenvalue weighted by Crippen LogP contribution is 2.28. The van der Waals surface area contributed by atoms with Crippen molar-refractivity contribution in [3.8, 4) is 5.75 Å². The average Bonchev–Trinajstić information content (AvgIpc) is 2.85. The monoisotopic (exact) mass is 437 g/mol. The van der Waals surface area contributed by atoms with Gasteiger partial charge in [0, 0.05) is 51.6 Å². The Bertz CT molecular complexity index is 850. The summed E-state index contributed by atoms with van der Waals surface area (Å²) in [7, 11) is 3.42. The van der Waals surface area contributed by atoms with Gasteiger partial charge in [0.1, 0.15) is 5.75 Å². The topological polar surface area (TPSA) is 45.3 Å². The number of amides is 1. The predicted molar refractivity (Wildman–Crippen MR) is 127 cm³/mol. The molecule has 2 aromatic carbocycles. The fourth-order valence-electron chi connectivity index (χ4n) is 5.03. The first kappa shape index (κ1) is 22.6. The molecule has 0 unspecified atom stereocenters. The minimum atomic E-state index is -0.0000475. The molecule has 0 saturated carbocycles. The van der Waals surface area contributed by atoms with Crippen LogP contribution in [0.25, 0.3) is 0 Å². The molecule has 2 aliphatic heterocycles. The van der Waals surface area contributed by atoms with E-state index in [2.05, 4.69) is 51.1 Å². The summed E-state index contributed by atoms with van der Waals surface area (Å²) >= 11 is 0. The largest absolute Gasteiger partial charge is 0.497 e. The van der Waals surface area contributed by atoms with Crippen molar-refractivity contribution in [3.05, 3.63) is 60.2 Å². The average molecular weight is 438 g/mol. The molecule has 0 N–H and O–H groups in total. The lowest BCUT2D eigenvalue weighted by Crippen LogP contribution is -2.56. The van der Waals surface area contributed by atoms with Gasteiger partial charge in [-0.15, -0.1) is 0 Å². The number of methoxy groups -OCH3 is 2. The zero-order valence-corrected chi connectivity index (χ0v) is 19.3. The third-order valence-corrected chi connectivity index (χ3v) is 6.81. The molecule has 6 heteroatoms. The van der Waals surface area contributed by atoms with Crippen molar-refractivity contribution in [2.45, 2.75) is 25.4 Å². The standard InChI is InChI=1S/C26H35N3O3/c1-31-20-25-24(9-6-14-29(25)19-21-7-4-3-5-8-21)26(30)28-17-15-27(16-18-28)22-10-12-23(32-2)13-11-22/h3-5,7-8,10-13,24-25H,6,9,14-20H2,1-2H3/t24-,25-/m1/s1. The molecular weight excluding hydrogens is 402 g/mol. The first-order chi connectivity index (χ1) is 15.7. The maximum absolute atomic E-state index is 13.6. The van der Waals surface area contributed by atoms with E-state index in [4.69, 9.17) is 9.47 Å². The van der Waals surface area contributed by atoms with Crippen molar-refractivity contribution in [2.24, 2.45) is 5.92 Å². The van der Waals surface area contributed by atoms with Crippen LogP contribution >= 0.6 is 0 Å². The Hall–Kier alpha value is -2.57. The van der Waals surface area contributed by atoms with E-state index in [9.17, 15) is 4.79 Å². The number of hydrogen-bond acceptors (Lipinski definition) is 5. The van der Waals surface area contributed by atoms with Crippen molar-refractivity contribution in [2.75, 3.05) is 58.5 Å². The summed E-state index contributed by atoms with van der Waals surface area (Å²) in [5.41, 5.74) is 2.47. The number of carbonyl (C=O) groups excluding carboxylic acids is 1. The highest BCUT2D eigenvalue weighted by Gasteiger charge is 2.38. The number of rotatable bonds is 7. The second-order valence-corrected chi connectivity index (χ2v) is 8.74. The zero-order chi connectivity index (χ0) is 22.3. The van der Waals surface area contributed by atoms with Gasteiger partial charge in [-0.25, -0.2) is 0 Å². The highest BCUT2D eigenvalue weighted by molar-refractivity contribution is 5.80. The number of benzene rings is 2. The lowest BCUT2D eigenvalue weighted by molar-refractivity contribution is -0.141. The van der Waals surface area contributed by atoms with Gasteiger partial charge in [0.05, 0.1) is 19.6 Å². The molecule has 2 fully saturated rings. The quantitative estimate of drug-likeness (QED) is 0.665. The van der Waals surface area contributed by atoms with Crippen LogP contribution in [-0.4, -0.2) is 75.3 Å². The Morgan fingerprint density at radius 1 is 0.938 bits per heavy atom. The van der Waals surface area contributed by atoms with E-state index >= 15 is 0 Å². The minimum Gasteiger partial charge on any atom is -0.497 e. The van der Waals surface area contributed by atoms with Crippen LogP contribution < -0.4 is 9.64 Å². The van der Waals surface area contributed by atoms with E-state index < -0.39 is 0 Å². The van der Waals surface area contributed by atoms with Gasteiger partial charge in [0.2, 0.25) is 5.91 Å². The van der Waals surface area contributed by atoms with Gasteiger partial charge in [-0.05, 0) is 49.2 Å². The van der Waals surface area contributed by atoms with Gasteiger partial charge < -0.3 is 19.3 Å². The first-order valence-corrected chi connectivity index (χ1v) is 11.6. The summed E-state index contributed by atoms with van der Waals surface area (Å²) in [5.74, 6) is 1.16. The molecule has 0 spiro atoms. The fourth-order valence-corrected chi connectivity index (χ4v) is 5.03. The van der Waals surface area contributed by atoms with Crippen LogP contribution in [0.15, 0.2) is 54.6 Å². The molecule has 172 valence electrons. The minimum absolute atomic E-state index is 0.0000475. The smallest absolute Gasteiger partial charge is 0.227 e. The van der Waals surface area contributed by atoms with E-state index in [1.807, 2.05) is 18.2 Å². The Balaban J connectivity index is 1.38. The number of carbonyl (C=O) groups is 1. The molecule has 0 radical (unpaired) electrons. The molecule has 4 rings (SSSR count). The number of piperazine rings is 1. The maximum Gasteiger partial charge on any atom is 0.227 e. The number of ether oxygens (including phenoxy) is 2. The van der Waals surface area contributed by atoms with Crippen molar-refractivity contribution < 1.29 is 14.3 Å². The van der Waals surface area contributed by atoms with Gasteiger partial charge in [-0.1, -0.05) is 30.3 Å². The summed E-state index contributed by atoms with van der Waals surface area (Å²) in [6, 6.07) is 18.8. The number of piperidine rings is 1. The fraction of sp³-hybridized carbons (Fsp3) is 0.500. The normalized spacial score (nSPS) is 22.1. The first-order valence-electron chi connectivity index (χ1n) is 11.6. The summed E-state index contributed by atoms with van der Waals surface area (Å²) in [6.07, 6.45) is 1.99. The molecule has 2 aromatic rings. The van der Waals surface area contributed by atoms with Crippen molar-refractivity contribution >= 4 is 11.6 Å². The number of hydrogen-bond donors (Lipinski definition) is 0. The number of anilines is 1. The maximum atomic E-state index is 13.6. The van der Waals surface area contributed by atoms with Gasteiger partial charge in [0.25, 0.3) is 0 Å². The third-order valence-electron chi connectivity index (χ3n) is 6.81. The summed E-state index contributed by atoms with van der Waals surface area (Å²) in [4.78, 5) is 20.4. The Morgan fingerprint density at radius 2 is 1.66 bits per heavy atom. The van der Waals surface area contributed by atoms with Crippen LogP contribution in [0, 0.1) is 5.92 Å². The molecule has 2 aliphatic rings. The van der Waals surface area contributed by atoms with Crippen LogP contribution in [-0.2, 0) is 16.1 Å². The molecule has 6 nitrogen and oxygen atoms in total. The lowest BCUT2D eigenvalue weighted by Gasteiger charge is -2.44. The second-order valence-electron chi connectivity index (χ2n) is 8.74. The van der Waals surface area contributed by atoms with E-state index in [1.54, 1.807) is 14.2 Å². The number of likely N-dealkylation sites (tertiary alicyclic amines) is 1. The third kappa shape index (κ3) is 5.25. The summed E-state index contributed by atoms with van der Waals surface area (Å²) < 4.78 is 10.8. The molecule has 32 heavy (non-hydrogen) atoms. The Kier molecular flexibility index (Phi) is 7.66. The Labute approximate surface area is 191 Å². The molecule has 1 amide bonds. The van der Waals surface area contributed by atoms with Crippen molar-refractivity contribution in [3.63, 3.8) is 0 Å². The summed E-state index contributed by atoms with van der Waals surface area (Å²) in [6.45, 7) is 5.71. The molecule has 2 atom stereocenters. The van der Waals surface area contributed by atoms with Crippen LogP contribution in [0.3, 0.4) is 0 Å². The van der Waals surface area contributed by atoms with Crippen molar-refractivity contribution in [1.29, 1.82) is 0 Å². The van der Waals surface area contributed by atoms with E-state index in [-0.39, 0.29) is 12.0 Å². The van der Waals surface area contributed by atoms with Gasteiger partial charge in [-0.3, -0.25) is 9.69 Å². The van der Waals surface area contributed by atoms with E-state index in [1.165, 1.54) is 11.3 Å².